The second kappa shape index (κ2) is 7.81. The molecule has 1 aliphatic carbocycles. The summed E-state index contributed by atoms with van der Waals surface area (Å²) in [5.74, 6) is 2.62. The first-order valence-corrected chi connectivity index (χ1v) is 8.32. The lowest BCUT2D eigenvalue weighted by atomic mass is 10.1. The number of hydrogen-bond donors (Lipinski definition) is 2. The summed E-state index contributed by atoms with van der Waals surface area (Å²) >= 11 is 0. The second-order valence-electron chi connectivity index (χ2n) is 6.34. The summed E-state index contributed by atoms with van der Waals surface area (Å²) in [5, 5.41) is 7.00. The highest BCUT2D eigenvalue weighted by atomic mass is 16.2. The zero-order valence-corrected chi connectivity index (χ0v) is 13.5. The van der Waals surface area contributed by atoms with Crippen molar-refractivity contribution in [2.75, 3.05) is 32.5 Å². The number of nitrogens with zero attached hydrogens (tertiary/aromatic N) is 1. The van der Waals surface area contributed by atoms with Crippen LogP contribution in [0.2, 0.25) is 0 Å². The minimum atomic E-state index is 0.801. The maximum absolute atomic E-state index is 7.00. The van der Waals surface area contributed by atoms with Crippen LogP contribution < -0.4 is 5.73 Å². The zero-order valence-electron chi connectivity index (χ0n) is 13.5. The molecule has 0 spiro atoms. The summed E-state index contributed by atoms with van der Waals surface area (Å²) < 4.78 is 0. The van der Waals surface area contributed by atoms with Gasteiger partial charge in [-0.3, -0.25) is 0 Å². The molecule has 2 unspecified atom stereocenters. The highest BCUT2D eigenvalue weighted by molar-refractivity contribution is 5.44. The Hall–Kier alpha value is -1.06. The van der Waals surface area contributed by atoms with E-state index in [-0.39, 0.29) is 0 Å². The molecule has 1 aliphatic heterocycles. The van der Waals surface area contributed by atoms with Gasteiger partial charge < -0.3 is 15.7 Å². The van der Waals surface area contributed by atoms with E-state index in [0.717, 1.165) is 30.6 Å². The fourth-order valence-electron chi connectivity index (χ4n) is 3.82. The predicted octanol–water partition coefficient (Wildman–Crippen LogP) is 3.10. The fraction of sp³-hybridized carbons (Fsp3) is 0.667. The van der Waals surface area contributed by atoms with E-state index in [4.69, 9.17) is 10.8 Å². The van der Waals surface area contributed by atoms with Gasteiger partial charge in [-0.15, -0.1) is 0 Å². The molecule has 1 aromatic rings. The summed E-state index contributed by atoms with van der Waals surface area (Å²) in [6.45, 7) is 6.23. The molecule has 3 N–H and O–H groups in total. The van der Waals surface area contributed by atoms with Crippen molar-refractivity contribution in [3.63, 3.8) is 0 Å². The van der Waals surface area contributed by atoms with E-state index < -0.39 is 0 Å². The number of benzene rings is 1. The summed E-state index contributed by atoms with van der Waals surface area (Å²) in [7, 11) is 1.00. The van der Waals surface area contributed by atoms with Crippen molar-refractivity contribution in [3.05, 3.63) is 29.8 Å². The molecule has 3 nitrogen and oxygen atoms in total. The smallest absolute Gasteiger partial charge is 0.0319 e. The largest absolute Gasteiger partial charge is 0.400 e. The Kier molecular flexibility index (Phi) is 6.07. The number of nitrogens with two attached hydrogens (primary N) is 1. The summed E-state index contributed by atoms with van der Waals surface area (Å²) in [5.41, 5.74) is 8.27. The van der Waals surface area contributed by atoms with Gasteiger partial charge in [-0.2, -0.15) is 0 Å². The van der Waals surface area contributed by atoms with Crippen LogP contribution in [0.3, 0.4) is 0 Å². The van der Waals surface area contributed by atoms with Crippen LogP contribution in [-0.2, 0) is 0 Å². The van der Waals surface area contributed by atoms with Gasteiger partial charge >= 0.3 is 0 Å². The van der Waals surface area contributed by atoms with Gasteiger partial charge in [0.1, 0.15) is 0 Å². The van der Waals surface area contributed by atoms with Gasteiger partial charge in [-0.05, 0) is 48.4 Å². The average molecular weight is 290 g/mol. The van der Waals surface area contributed by atoms with E-state index in [1.807, 2.05) is 6.07 Å². The van der Waals surface area contributed by atoms with Crippen LogP contribution in [0.15, 0.2) is 24.3 Å². The lowest BCUT2D eigenvalue weighted by Gasteiger charge is -2.19. The first-order valence-electron chi connectivity index (χ1n) is 8.32. The van der Waals surface area contributed by atoms with E-state index in [1.165, 1.54) is 50.9 Å². The van der Waals surface area contributed by atoms with E-state index in [1.54, 1.807) is 0 Å². The van der Waals surface area contributed by atoms with Gasteiger partial charge in [0, 0.05) is 25.9 Å². The lowest BCUT2D eigenvalue weighted by Crippen LogP contribution is -2.25. The molecule has 1 heterocycles. The lowest BCUT2D eigenvalue weighted by molar-refractivity contribution is 0.290. The van der Waals surface area contributed by atoms with E-state index in [0.29, 0.717) is 0 Å². The molecule has 0 radical (unpaired) electrons. The Balaban J connectivity index is 0.000000774. The number of fused-ring (bicyclic) bond motifs is 1. The van der Waals surface area contributed by atoms with Crippen LogP contribution in [-0.4, -0.2) is 36.8 Å². The predicted molar refractivity (Wildman–Crippen MR) is 89.3 cm³/mol. The molecular formula is C18H30N2O. The number of aliphatic hydroxyl groups is 1. The number of aliphatic hydroxyl groups excluding tert-OH is 1. The minimum Gasteiger partial charge on any atom is -0.400 e. The molecule has 118 valence electrons. The molecule has 2 atom stereocenters. The van der Waals surface area contributed by atoms with Crippen LogP contribution in [0.1, 0.15) is 44.1 Å². The summed E-state index contributed by atoms with van der Waals surface area (Å²) in [4.78, 5) is 2.67. The van der Waals surface area contributed by atoms with Crippen LogP contribution in [0.4, 0.5) is 5.69 Å². The SMILES string of the molecule is CCCCCCN1CC2C(C1)C2c1cccc(N)c1.CO. The monoisotopic (exact) mass is 290 g/mol. The number of rotatable bonds is 6. The number of nitrogen functional groups attached to an aromatic ring is 1. The molecule has 0 amide bonds. The van der Waals surface area contributed by atoms with Gasteiger partial charge in [-0.1, -0.05) is 38.3 Å². The number of hydrogen-bond acceptors (Lipinski definition) is 3. The van der Waals surface area contributed by atoms with Gasteiger partial charge in [0.2, 0.25) is 0 Å². The van der Waals surface area contributed by atoms with Gasteiger partial charge in [0.15, 0.2) is 0 Å². The van der Waals surface area contributed by atoms with Gasteiger partial charge in [0.25, 0.3) is 0 Å². The first kappa shape index (κ1) is 16.3. The van der Waals surface area contributed by atoms with E-state index in [9.17, 15) is 0 Å². The van der Waals surface area contributed by atoms with Crippen LogP contribution in [0.25, 0.3) is 0 Å². The highest BCUT2D eigenvalue weighted by Gasteiger charge is 2.55. The number of piperidine rings is 1. The first-order chi connectivity index (χ1) is 10.3. The Bertz CT molecular complexity index is 423. The molecule has 2 fully saturated rings. The zero-order chi connectivity index (χ0) is 15.2. The van der Waals surface area contributed by atoms with Gasteiger partial charge in [0.05, 0.1) is 0 Å². The molecule has 0 aromatic heterocycles. The molecule has 1 saturated heterocycles. The van der Waals surface area contributed by atoms with Gasteiger partial charge in [-0.25, -0.2) is 0 Å². The maximum atomic E-state index is 7.00. The summed E-state index contributed by atoms with van der Waals surface area (Å²) in [6.07, 6.45) is 5.52. The van der Waals surface area contributed by atoms with Crippen LogP contribution in [0, 0.1) is 11.8 Å². The Labute approximate surface area is 129 Å². The third-order valence-electron chi connectivity index (χ3n) is 4.89. The number of unbranched alkanes of at least 4 members (excludes halogenated alkanes) is 3. The molecule has 21 heavy (non-hydrogen) atoms. The normalized spacial score (nSPS) is 26.9. The third kappa shape index (κ3) is 3.98. The average Bonchev–Trinajstić information content (AvgIpc) is 3.01. The molecular weight excluding hydrogens is 260 g/mol. The number of likely N-dealkylation sites (tertiary alicyclic amines) is 1. The Morgan fingerprint density at radius 3 is 2.48 bits per heavy atom. The van der Waals surface area contributed by atoms with Crippen molar-refractivity contribution in [2.45, 2.75) is 38.5 Å². The molecule has 0 bridgehead atoms. The molecule has 1 aromatic carbocycles. The highest BCUT2D eigenvalue weighted by Crippen LogP contribution is 2.58. The molecule has 2 aliphatic rings. The van der Waals surface area contributed by atoms with Crippen molar-refractivity contribution >= 4 is 5.69 Å². The molecule has 1 saturated carbocycles. The fourth-order valence-corrected chi connectivity index (χ4v) is 3.82. The van der Waals surface area contributed by atoms with Crippen molar-refractivity contribution < 1.29 is 5.11 Å². The molecule has 3 heteroatoms. The maximum Gasteiger partial charge on any atom is 0.0319 e. The van der Waals surface area contributed by atoms with E-state index >= 15 is 0 Å². The third-order valence-corrected chi connectivity index (χ3v) is 4.89. The van der Waals surface area contributed by atoms with Crippen LogP contribution >= 0.6 is 0 Å². The number of anilines is 1. The Morgan fingerprint density at radius 1 is 1.14 bits per heavy atom. The van der Waals surface area contributed by atoms with Crippen LogP contribution in [0.5, 0.6) is 0 Å². The van der Waals surface area contributed by atoms with Crippen molar-refractivity contribution in [3.8, 4) is 0 Å². The standard InChI is InChI=1S/C17H26N2.CH4O/c1-2-3-4-5-9-19-11-15-16(12-19)17(15)13-7-6-8-14(18)10-13;1-2/h6-8,10,15-17H,2-5,9,11-12,18H2,1H3;2H,1H3. The topological polar surface area (TPSA) is 49.5 Å². The van der Waals surface area contributed by atoms with Crippen molar-refractivity contribution in [2.24, 2.45) is 11.8 Å². The Morgan fingerprint density at radius 2 is 1.86 bits per heavy atom. The minimum absolute atomic E-state index is 0.801. The van der Waals surface area contributed by atoms with Crippen molar-refractivity contribution in [1.29, 1.82) is 0 Å². The van der Waals surface area contributed by atoms with E-state index in [2.05, 4.69) is 30.0 Å². The quantitative estimate of drug-likeness (QED) is 0.625. The second-order valence-corrected chi connectivity index (χ2v) is 6.34. The van der Waals surface area contributed by atoms with Crippen molar-refractivity contribution in [1.82, 2.24) is 4.90 Å². The summed E-state index contributed by atoms with van der Waals surface area (Å²) in [6, 6.07) is 8.52. The molecule has 3 rings (SSSR count).